The molecule has 0 unspecified atom stereocenters. The standard InChI is InChI=1S/C6H10O3/c1-5(8)2-3-6(9)4-7/h2-3,6-7,9H,4H2,1H3/b3-2-/t6-/m0/s1. The normalized spacial score (nSPS) is 14.1. The highest BCUT2D eigenvalue weighted by Gasteiger charge is 1.93. The van der Waals surface area contributed by atoms with Crippen LogP contribution in [0.4, 0.5) is 0 Å². The second kappa shape index (κ2) is 4.23. The molecule has 3 nitrogen and oxygen atoms in total. The minimum atomic E-state index is -0.908. The first kappa shape index (κ1) is 8.33. The first-order valence-corrected chi connectivity index (χ1v) is 2.64. The smallest absolute Gasteiger partial charge is 0.152 e. The van der Waals surface area contributed by atoms with Gasteiger partial charge in [-0.3, -0.25) is 4.79 Å². The highest BCUT2D eigenvalue weighted by Crippen LogP contribution is 1.83. The lowest BCUT2D eigenvalue weighted by atomic mass is 10.3. The molecule has 0 bridgehead atoms. The van der Waals surface area contributed by atoms with Crippen LogP contribution >= 0.6 is 0 Å². The SMILES string of the molecule is CC(=O)/C=C\[C@H](O)CO. The van der Waals surface area contributed by atoms with Gasteiger partial charge in [-0.1, -0.05) is 6.08 Å². The van der Waals surface area contributed by atoms with Gasteiger partial charge in [0.25, 0.3) is 0 Å². The van der Waals surface area contributed by atoms with Crippen molar-refractivity contribution in [3.8, 4) is 0 Å². The highest BCUT2D eigenvalue weighted by atomic mass is 16.3. The minimum Gasteiger partial charge on any atom is -0.393 e. The zero-order valence-corrected chi connectivity index (χ0v) is 5.24. The number of hydrogen-bond donors (Lipinski definition) is 2. The topological polar surface area (TPSA) is 57.5 Å². The molecule has 0 spiro atoms. The predicted molar refractivity (Wildman–Crippen MR) is 32.9 cm³/mol. The maximum Gasteiger partial charge on any atom is 0.152 e. The van der Waals surface area contributed by atoms with Gasteiger partial charge in [0.05, 0.1) is 12.7 Å². The molecule has 0 saturated carbocycles. The summed E-state index contributed by atoms with van der Waals surface area (Å²) in [7, 11) is 0. The lowest BCUT2D eigenvalue weighted by Crippen LogP contribution is -2.07. The van der Waals surface area contributed by atoms with Gasteiger partial charge >= 0.3 is 0 Å². The van der Waals surface area contributed by atoms with Gasteiger partial charge in [-0.05, 0) is 13.0 Å². The summed E-state index contributed by atoms with van der Waals surface area (Å²) in [6.07, 6.45) is 1.57. The van der Waals surface area contributed by atoms with E-state index in [9.17, 15) is 4.79 Å². The Balaban J connectivity index is 3.56. The molecule has 0 heterocycles. The second-order valence-corrected chi connectivity index (χ2v) is 1.72. The van der Waals surface area contributed by atoms with Crippen molar-refractivity contribution in [2.45, 2.75) is 13.0 Å². The van der Waals surface area contributed by atoms with Gasteiger partial charge < -0.3 is 10.2 Å². The van der Waals surface area contributed by atoms with E-state index in [1.165, 1.54) is 19.1 Å². The van der Waals surface area contributed by atoms with Crippen LogP contribution in [0.1, 0.15) is 6.92 Å². The fourth-order valence-corrected chi connectivity index (χ4v) is 0.307. The lowest BCUT2D eigenvalue weighted by Gasteiger charge is -1.95. The summed E-state index contributed by atoms with van der Waals surface area (Å²) in [5.74, 6) is -0.137. The average Bonchev–Trinajstić information content (AvgIpc) is 1.83. The molecule has 0 fully saturated rings. The zero-order valence-electron chi connectivity index (χ0n) is 5.24. The zero-order chi connectivity index (χ0) is 7.28. The molecule has 0 amide bonds. The van der Waals surface area contributed by atoms with E-state index < -0.39 is 6.10 Å². The molecular weight excluding hydrogens is 120 g/mol. The van der Waals surface area contributed by atoms with E-state index in [-0.39, 0.29) is 12.4 Å². The molecule has 3 heteroatoms. The van der Waals surface area contributed by atoms with E-state index in [2.05, 4.69) is 0 Å². The summed E-state index contributed by atoms with van der Waals surface area (Å²) in [5, 5.41) is 16.9. The molecule has 0 saturated heterocycles. The highest BCUT2D eigenvalue weighted by molar-refractivity contribution is 5.87. The van der Waals surface area contributed by atoms with Crippen LogP contribution in [0.5, 0.6) is 0 Å². The Morgan fingerprint density at radius 2 is 2.33 bits per heavy atom. The lowest BCUT2D eigenvalue weighted by molar-refractivity contribution is -0.112. The van der Waals surface area contributed by atoms with Crippen LogP contribution in [0.15, 0.2) is 12.2 Å². The van der Waals surface area contributed by atoms with Gasteiger partial charge in [0.2, 0.25) is 0 Å². The van der Waals surface area contributed by atoms with Crippen LogP contribution in [0.3, 0.4) is 0 Å². The number of carbonyl (C=O) groups is 1. The van der Waals surface area contributed by atoms with Crippen LogP contribution in [0, 0.1) is 0 Å². The summed E-state index contributed by atoms with van der Waals surface area (Å²) in [6, 6.07) is 0. The average molecular weight is 130 g/mol. The summed E-state index contributed by atoms with van der Waals surface area (Å²) in [5.41, 5.74) is 0. The van der Waals surface area contributed by atoms with Crippen LogP contribution in [0.2, 0.25) is 0 Å². The maximum atomic E-state index is 10.2. The number of hydrogen-bond acceptors (Lipinski definition) is 3. The fraction of sp³-hybridized carbons (Fsp3) is 0.500. The van der Waals surface area contributed by atoms with Crippen molar-refractivity contribution in [2.24, 2.45) is 0 Å². The Bertz CT molecular complexity index is 117. The Morgan fingerprint density at radius 3 is 2.67 bits per heavy atom. The third kappa shape index (κ3) is 5.20. The molecule has 9 heavy (non-hydrogen) atoms. The third-order valence-electron chi connectivity index (χ3n) is 0.740. The Kier molecular flexibility index (Phi) is 3.92. The molecule has 0 aromatic rings. The van der Waals surface area contributed by atoms with Crippen molar-refractivity contribution in [1.29, 1.82) is 0 Å². The first-order chi connectivity index (χ1) is 4.16. The van der Waals surface area contributed by atoms with Gasteiger partial charge in [-0.25, -0.2) is 0 Å². The summed E-state index contributed by atoms with van der Waals surface area (Å²) in [6.45, 7) is 1.03. The Hall–Kier alpha value is -0.670. The van der Waals surface area contributed by atoms with E-state index >= 15 is 0 Å². The molecule has 0 aliphatic heterocycles. The van der Waals surface area contributed by atoms with Gasteiger partial charge in [-0.2, -0.15) is 0 Å². The molecule has 0 aromatic carbocycles. The van der Waals surface area contributed by atoms with Crippen molar-refractivity contribution in [2.75, 3.05) is 6.61 Å². The van der Waals surface area contributed by atoms with Crippen molar-refractivity contribution in [3.63, 3.8) is 0 Å². The molecule has 0 aromatic heterocycles. The van der Waals surface area contributed by atoms with Crippen molar-refractivity contribution >= 4 is 5.78 Å². The molecule has 1 atom stereocenters. The quantitative estimate of drug-likeness (QED) is 0.505. The van der Waals surface area contributed by atoms with Crippen molar-refractivity contribution < 1.29 is 15.0 Å². The number of rotatable bonds is 3. The third-order valence-corrected chi connectivity index (χ3v) is 0.740. The summed E-state index contributed by atoms with van der Waals surface area (Å²) < 4.78 is 0. The van der Waals surface area contributed by atoms with E-state index in [0.29, 0.717) is 0 Å². The maximum absolute atomic E-state index is 10.2. The summed E-state index contributed by atoms with van der Waals surface area (Å²) in [4.78, 5) is 10.2. The number of aliphatic hydroxyl groups is 2. The van der Waals surface area contributed by atoms with Crippen LogP contribution in [-0.4, -0.2) is 28.7 Å². The molecule has 0 radical (unpaired) electrons. The monoisotopic (exact) mass is 130 g/mol. The van der Waals surface area contributed by atoms with Crippen molar-refractivity contribution in [1.82, 2.24) is 0 Å². The minimum absolute atomic E-state index is 0.137. The number of aliphatic hydroxyl groups excluding tert-OH is 2. The van der Waals surface area contributed by atoms with Crippen molar-refractivity contribution in [3.05, 3.63) is 12.2 Å². The summed E-state index contributed by atoms with van der Waals surface area (Å²) >= 11 is 0. The van der Waals surface area contributed by atoms with Crippen LogP contribution in [0.25, 0.3) is 0 Å². The number of allylic oxidation sites excluding steroid dienone is 1. The van der Waals surface area contributed by atoms with Crippen LogP contribution in [-0.2, 0) is 4.79 Å². The Labute approximate surface area is 53.6 Å². The van der Waals surface area contributed by atoms with E-state index in [1.807, 2.05) is 0 Å². The van der Waals surface area contributed by atoms with E-state index in [4.69, 9.17) is 10.2 Å². The van der Waals surface area contributed by atoms with Crippen LogP contribution < -0.4 is 0 Å². The number of ketones is 1. The second-order valence-electron chi connectivity index (χ2n) is 1.72. The largest absolute Gasteiger partial charge is 0.393 e. The molecule has 0 aliphatic rings. The number of carbonyl (C=O) groups excluding carboxylic acids is 1. The van der Waals surface area contributed by atoms with E-state index in [0.717, 1.165) is 0 Å². The predicted octanol–water partition coefficient (Wildman–Crippen LogP) is -0.515. The van der Waals surface area contributed by atoms with Gasteiger partial charge in [0.15, 0.2) is 5.78 Å². The molecule has 0 rings (SSSR count). The molecular formula is C6H10O3. The Morgan fingerprint density at radius 1 is 1.78 bits per heavy atom. The first-order valence-electron chi connectivity index (χ1n) is 2.64. The van der Waals surface area contributed by atoms with Gasteiger partial charge in [0, 0.05) is 0 Å². The van der Waals surface area contributed by atoms with Gasteiger partial charge in [0.1, 0.15) is 0 Å². The fourth-order valence-electron chi connectivity index (χ4n) is 0.307. The molecule has 2 N–H and O–H groups in total. The molecule has 0 aliphatic carbocycles. The molecule has 52 valence electrons. The van der Waals surface area contributed by atoms with E-state index in [1.54, 1.807) is 0 Å². The van der Waals surface area contributed by atoms with Gasteiger partial charge in [-0.15, -0.1) is 0 Å².